The number of fused-ring (bicyclic) bond motifs is 1. The van der Waals surface area contributed by atoms with Gasteiger partial charge in [0.15, 0.2) is 0 Å². The van der Waals surface area contributed by atoms with E-state index in [2.05, 4.69) is 51.1 Å². The first kappa shape index (κ1) is 24.2. The van der Waals surface area contributed by atoms with Gasteiger partial charge < -0.3 is 19.3 Å². The summed E-state index contributed by atoms with van der Waals surface area (Å²) in [6.45, 7) is 6.57. The number of methoxy groups -OCH3 is 2. The molecule has 3 aromatic rings. The van der Waals surface area contributed by atoms with Crippen molar-refractivity contribution >= 4 is 17.5 Å². The largest absolute Gasteiger partial charge is 0.497 e. The average Bonchev–Trinajstić information content (AvgIpc) is 2.92. The Morgan fingerprint density at radius 1 is 0.861 bits per heavy atom. The number of ether oxygens (including phenoxy) is 2. The van der Waals surface area contributed by atoms with Gasteiger partial charge in [0.2, 0.25) is 0 Å². The number of benzene rings is 3. The second-order valence-corrected chi connectivity index (χ2v) is 9.43. The zero-order valence-electron chi connectivity index (χ0n) is 21.1. The molecule has 0 spiro atoms. The van der Waals surface area contributed by atoms with Crippen LogP contribution in [-0.2, 0) is 13.0 Å². The van der Waals surface area contributed by atoms with E-state index < -0.39 is 0 Å². The summed E-state index contributed by atoms with van der Waals surface area (Å²) in [4.78, 5) is 7.30. The van der Waals surface area contributed by atoms with Gasteiger partial charge in [-0.25, -0.2) is 4.39 Å². The molecule has 0 bridgehead atoms. The van der Waals surface area contributed by atoms with Gasteiger partial charge >= 0.3 is 0 Å². The van der Waals surface area contributed by atoms with E-state index in [1.54, 1.807) is 26.4 Å². The molecule has 0 unspecified atom stereocenters. The Morgan fingerprint density at radius 2 is 1.67 bits per heavy atom. The van der Waals surface area contributed by atoms with Crippen LogP contribution >= 0.6 is 0 Å². The predicted molar refractivity (Wildman–Crippen MR) is 145 cm³/mol. The summed E-state index contributed by atoms with van der Waals surface area (Å²) in [6, 6.07) is 19.6. The van der Waals surface area contributed by atoms with Gasteiger partial charge in [-0.3, -0.25) is 4.90 Å². The Bertz CT molecular complexity index is 1200. The lowest BCUT2D eigenvalue weighted by molar-refractivity contribution is 0.261. The van der Waals surface area contributed by atoms with E-state index in [0.29, 0.717) is 0 Å². The van der Waals surface area contributed by atoms with E-state index in [1.807, 2.05) is 24.3 Å². The summed E-state index contributed by atoms with van der Waals surface area (Å²) in [7, 11) is 3.47. The Kier molecular flexibility index (Phi) is 7.42. The molecule has 0 amide bonds. The van der Waals surface area contributed by atoms with Gasteiger partial charge in [0.1, 0.15) is 17.3 Å². The maximum Gasteiger partial charge on any atom is 0.142 e. The molecule has 5 nitrogen and oxygen atoms in total. The first-order valence-electron chi connectivity index (χ1n) is 12.6. The summed E-state index contributed by atoms with van der Waals surface area (Å²) in [5.41, 5.74) is 5.93. The number of para-hydroxylation sites is 1. The maximum atomic E-state index is 13.2. The number of halogens is 1. The molecule has 3 aromatic carbocycles. The third-order valence-corrected chi connectivity index (χ3v) is 7.12. The van der Waals surface area contributed by atoms with E-state index in [0.717, 1.165) is 69.4 Å². The van der Waals surface area contributed by atoms with Crippen molar-refractivity contribution in [2.75, 3.05) is 63.3 Å². The van der Waals surface area contributed by atoms with Crippen LogP contribution in [0.3, 0.4) is 0 Å². The molecule has 2 aliphatic rings. The molecule has 1 saturated heterocycles. The van der Waals surface area contributed by atoms with Crippen molar-refractivity contribution in [1.29, 1.82) is 0 Å². The summed E-state index contributed by atoms with van der Waals surface area (Å²) in [5.74, 6) is 1.61. The summed E-state index contributed by atoms with van der Waals surface area (Å²) < 4.78 is 24.5. The minimum atomic E-state index is -0.176. The second kappa shape index (κ2) is 11.0. The molecule has 36 heavy (non-hydrogen) atoms. The highest BCUT2D eigenvalue weighted by molar-refractivity contribution is 5.77. The molecular weight excluding hydrogens is 453 g/mol. The normalized spacial score (nSPS) is 15.6. The standard InChI is InChI=1S/C30H34FN3O2/c1-35-28-20-24(22-34-13-4-6-25-5-3-7-29(36-2)30(25)34)19-27(21-28)33-17-15-32(16-18-33)14-12-23-8-10-26(31)11-9-23/h3-11,19-21H,12-18,22H2,1-2H3. The van der Waals surface area contributed by atoms with Gasteiger partial charge in [-0.05, 0) is 47.9 Å². The van der Waals surface area contributed by atoms with Crippen LogP contribution in [-0.4, -0.2) is 58.4 Å². The lowest BCUT2D eigenvalue weighted by atomic mass is 10.0. The van der Waals surface area contributed by atoms with Crippen LogP contribution in [0, 0.1) is 5.82 Å². The molecule has 0 saturated carbocycles. The summed E-state index contributed by atoms with van der Waals surface area (Å²) >= 11 is 0. The zero-order valence-corrected chi connectivity index (χ0v) is 21.1. The lowest BCUT2D eigenvalue weighted by Gasteiger charge is -2.36. The molecule has 1 fully saturated rings. The van der Waals surface area contributed by atoms with Crippen molar-refractivity contribution in [3.05, 3.63) is 89.2 Å². The Labute approximate surface area is 213 Å². The number of hydrogen-bond acceptors (Lipinski definition) is 5. The van der Waals surface area contributed by atoms with Crippen LogP contribution in [0.2, 0.25) is 0 Å². The van der Waals surface area contributed by atoms with Crippen LogP contribution in [0.1, 0.15) is 16.7 Å². The van der Waals surface area contributed by atoms with Crippen molar-refractivity contribution in [3.8, 4) is 11.5 Å². The molecule has 2 heterocycles. The Balaban J connectivity index is 1.25. The van der Waals surface area contributed by atoms with Crippen LogP contribution in [0.15, 0.2) is 66.7 Å². The average molecular weight is 488 g/mol. The Morgan fingerprint density at radius 3 is 2.42 bits per heavy atom. The van der Waals surface area contributed by atoms with Gasteiger partial charge in [0, 0.05) is 63.1 Å². The van der Waals surface area contributed by atoms with E-state index >= 15 is 0 Å². The smallest absolute Gasteiger partial charge is 0.142 e. The van der Waals surface area contributed by atoms with E-state index in [-0.39, 0.29) is 5.82 Å². The van der Waals surface area contributed by atoms with Gasteiger partial charge in [-0.1, -0.05) is 36.4 Å². The minimum absolute atomic E-state index is 0.176. The number of rotatable bonds is 8. The molecule has 0 N–H and O–H groups in total. The molecule has 2 aliphatic heterocycles. The first-order chi connectivity index (χ1) is 17.6. The van der Waals surface area contributed by atoms with Crippen molar-refractivity contribution < 1.29 is 13.9 Å². The van der Waals surface area contributed by atoms with Crippen molar-refractivity contribution in [2.45, 2.75) is 13.0 Å². The Hall–Kier alpha value is -3.51. The fourth-order valence-corrected chi connectivity index (χ4v) is 5.14. The molecule has 0 atom stereocenters. The molecule has 0 aliphatic carbocycles. The first-order valence-corrected chi connectivity index (χ1v) is 12.6. The minimum Gasteiger partial charge on any atom is -0.497 e. The second-order valence-electron chi connectivity index (χ2n) is 9.43. The van der Waals surface area contributed by atoms with E-state index in [1.165, 1.54) is 22.4 Å². The third-order valence-electron chi connectivity index (χ3n) is 7.12. The van der Waals surface area contributed by atoms with Crippen molar-refractivity contribution in [1.82, 2.24) is 4.90 Å². The summed E-state index contributed by atoms with van der Waals surface area (Å²) in [6.07, 6.45) is 5.31. The van der Waals surface area contributed by atoms with Gasteiger partial charge in [-0.2, -0.15) is 0 Å². The van der Waals surface area contributed by atoms with E-state index in [9.17, 15) is 4.39 Å². The SMILES string of the molecule is COc1cc(CN2CC=Cc3cccc(OC)c32)cc(N2CCN(CCc3ccc(F)cc3)CC2)c1. The quantitative estimate of drug-likeness (QED) is 0.433. The lowest BCUT2D eigenvalue weighted by Crippen LogP contribution is -2.47. The van der Waals surface area contributed by atoms with Gasteiger partial charge in [-0.15, -0.1) is 0 Å². The van der Waals surface area contributed by atoms with Crippen LogP contribution in [0.5, 0.6) is 11.5 Å². The highest BCUT2D eigenvalue weighted by atomic mass is 19.1. The summed E-state index contributed by atoms with van der Waals surface area (Å²) in [5, 5.41) is 0. The number of piperazine rings is 1. The molecule has 5 rings (SSSR count). The van der Waals surface area contributed by atoms with Gasteiger partial charge in [0.05, 0.1) is 19.9 Å². The fourth-order valence-electron chi connectivity index (χ4n) is 5.14. The van der Waals surface area contributed by atoms with Crippen molar-refractivity contribution in [2.24, 2.45) is 0 Å². The number of nitrogens with zero attached hydrogens (tertiary/aromatic N) is 3. The van der Waals surface area contributed by atoms with Gasteiger partial charge in [0.25, 0.3) is 0 Å². The molecule has 6 heteroatoms. The van der Waals surface area contributed by atoms with Crippen LogP contribution in [0.4, 0.5) is 15.8 Å². The molecular formula is C30H34FN3O2. The zero-order chi connectivity index (χ0) is 24.9. The highest BCUT2D eigenvalue weighted by Gasteiger charge is 2.21. The van der Waals surface area contributed by atoms with Crippen LogP contribution < -0.4 is 19.3 Å². The monoisotopic (exact) mass is 487 g/mol. The van der Waals surface area contributed by atoms with Crippen LogP contribution in [0.25, 0.3) is 6.08 Å². The fraction of sp³-hybridized carbons (Fsp3) is 0.333. The topological polar surface area (TPSA) is 28.2 Å². The molecule has 0 aromatic heterocycles. The van der Waals surface area contributed by atoms with Crippen molar-refractivity contribution in [3.63, 3.8) is 0 Å². The van der Waals surface area contributed by atoms with E-state index in [4.69, 9.17) is 9.47 Å². The highest BCUT2D eigenvalue weighted by Crippen LogP contribution is 2.37. The molecule has 0 radical (unpaired) electrons. The third kappa shape index (κ3) is 5.49. The number of anilines is 2. The molecule has 188 valence electrons. The number of hydrogen-bond donors (Lipinski definition) is 0. The predicted octanol–water partition coefficient (Wildman–Crippen LogP) is 5.24. The maximum absolute atomic E-state index is 13.2.